The van der Waals surface area contributed by atoms with Gasteiger partial charge in [-0.15, -0.1) is 0 Å². The first-order chi connectivity index (χ1) is 11.2. The van der Waals surface area contributed by atoms with E-state index in [0.717, 1.165) is 48.5 Å². The number of carbonyl (C=O) groups excluding carboxylic acids is 1. The van der Waals surface area contributed by atoms with Crippen molar-refractivity contribution in [3.8, 4) is 0 Å². The predicted molar refractivity (Wildman–Crippen MR) is 87.3 cm³/mol. The Hall–Kier alpha value is -2.63. The second-order valence-corrected chi connectivity index (χ2v) is 6.13. The Morgan fingerprint density at radius 1 is 1.35 bits per heavy atom. The molecule has 23 heavy (non-hydrogen) atoms. The third-order valence-electron chi connectivity index (χ3n) is 4.53. The average molecular weight is 309 g/mol. The van der Waals surface area contributed by atoms with Gasteiger partial charge in [0.15, 0.2) is 0 Å². The molecule has 6 heteroatoms. The van der Waals surface area contributed by atoms with Gasteiger partial charge in [0, 0.05) is 30.9 Å². The molecule has 3 aromatic rings. The minimum atomic E-state index is 0.0614. The van der Waals surface area contributed by atoms with Crippen LogP contribution in [0.3, 0.4) is 0 Å². The number of rotatable bonds is 2. The zero-order valence-electron chi connectivity index (χ0n) is 13.0. The molecule has 0 radical (unpaired) electrons. The van der Waals surface area contributed by atoms with Crippen molar-refractivity contribution in [2.75, 3.05) is 13.1 Å². The second-order valence-electron chi connectivity index (χ2n) is 6.13. The molecule has 0 bridgehead atoms. The molecule has 2 aromatic heterocycles. The summed E-state index contributed by atoms with van der Waals surface area (Å²) in [6, 6.07) is 7.72. The highest BCUT2D eigenvalue weighted by molar-refractivity contribution is 6.04. The van der Waals surface area contributed by atoms with Crippen LogP contribution >= 0.6 is 0 Å². The first-order valence-corrected chi connectivity index (χ1v) is 7.96. The van der Waals surface area contributed by atoms with E-state index in [1.807, 2.05) is 36.1 Å². The molecule has 1 aromatic carbocycles. The molecule has 1 atom stereocenters. The standard InChI is InChI=1S/C17H19N5O/c1-11-19-15-6-2-5-13(16(15)20-11)17(23)22-9-3-4-12(10-22)14-7-8-18-21-14/h2,5-8,12H,3-4,9-10H2,1H3,(H,18,21)(H,19,20)/t12-/m1/s1. The number of aromatic amines is 2. The minimum Gasteiger partial charge on any atom is -0.342 e. The topological polar surface area (TPSA) is 77.7 Å². The van der Waals surface area contributed by atoms with Gasteiger partial charge in [-0.3, -0.25) is 9.89 Å². The summed E-state index contributed by atoms with van der Waals surface area (Å²) in [5.41, 5.74) is 3.46. The van der Waals surface area contributed by atoms with Crippen molar-refractivity contribution in [2.45, 2.75) is 25.7 Å². The highest BCUT2D eigenvalue weighted by atomic mass is 16.2. The molecule has 6 nitrogen and oxygen atoms in total. The summed E-state index contributed by atoms with van der Waals surface area (Å²) in [6.07, 6.45) is 3.85. The zero-order valence-corrected chi connectivity index (χ0v) is 13.0. The maximum Gasteiger partial charge on any atom is 0.256 e. The smallest absolute Gasteiger partial charge is 0.256 e. The fourth-order valence-electron chi connectivity index (χ4n) is 3.41. The Morgan fingerprint density at radius 3 is 3.09 bits per heavy atom. The molecule has 0 saturated carbocycles. The van der Waals surface area contributed by atoms with E-state index in [4.69, 9.17) is 0 Å². The highest BCUT2D eigenvalue weighted by Gasteiger charge is 2.27. The van der Waals surface area contributed by atoms with Crippen LogP contribution in [-0.4, -0.2) is 44.1 Å². The summed E-state index contributed by atoms with van der Waals surface area (Å²) in [6.45, 7) is 3.42. The molecule has 2 N–H and O–H groups in total. The summed E-state index contributed by atoms with van der Waals surface area (Å²) in [7, 11) is 0. The van der Waals surface area contributed by atoms with Gasteiger partial charge in [-0.2, -0.15) is 5.10 Å². The molecule has 118 valence electrons. The lowest BCUT2D eigenvalue weighted by molar-refractivity contribution is 0.0707. The highest BCUT2D eigenvalue weighted by Crippen LogP contribution is 2.27. The van der Waals surface area contributed by atoms with Crippen LogP contribution in [0, 0.1) is 6.92 Å². The van der Waals surface area contributed by atoms with Gasteiger partial charge in [-0.25, -0.2) is 4.98 Å². The van der Waals surface area contributed by atoms with Crippen molar-refractivity contribution in [3.63, 3.8) is 0 Å². The van der Waals surface area contributed by atoms with Crippen LogP contribution in [0.25, 0.3) is 11.0 Å². The first kappa shape index (κ1) is 14.0. The number of para-hydroxylation sites is 1. The van der Waals surface area contributed by atoms with Gasteiger partial charge in [-0.05, 0) is 38.0 Å². The fourth-order valence-corrected chi connectivity index (χ4v) is 3.41. The third-order valence-corrected chi connectivity index (χ3v) is 4.53. The number of piperidine rings is 1. The maximum absolute atomic E-state index is 13.0. The SMILES string of the molecule is Cc1nc2c(C(=O)N3CCC[C@@H](c4ccn[nH]4)C3)cccc2[nH]1. The molecule has 0 unspecified atom stereocenters. The Bertz CT molecular complexity index is 836. The zero-order chi connectivity index (χ0) is 15.8. The van der Waals surface area contributed by atoms with Gasteiger partial charge in [0.2, 0.25) is 0 Å². The van der Waals surface area contributed by atoms with E-state index in [-0.39, 0.29) is 5.91 Å². The van der Waals surface area contributed by atoms with Crippen molar-refractivity contribution in [3.05, 3.63) is 47.5 Å². The number of nitrogens with one attached hydrogen (secondary N) is 2. The Morgan fingerprint density at radius 2 is 2.26 bits per heavy atom. The number of likely N-dealkylation sites (tertiary alicyclic amines) is 1. The van der Waals surface area contributed by atoms with E-state index < -0.39 is 0 Å². The summed E-state index contributed by atoms with van der Waals surface area (Å²) in [5.74, 6) is 1.22. The summed E-state index contributed by atoms with van der Waals surface area (Å²) in [5, 5.41) is 7.06. The van der Waals surface area contributed by atoms with Crippen LogP contribution in [0.4, 0.5) is 0 Å². The number of aromatic nitrogens is 4. The minimum absolute atomic E-state index is 0.0614. The van der Waals surface area contributed by atoms with Crippen molar-refractivity contribution >= 4 is 16.9 Å². The lowest BCUT2D eigenvalue weighted by Crippen LogP contribution is -2.39. The van der Waals surface area contributed by atoms with E-state index >= 15 is 0 Å². The predicted octanol–water partition coefficient (Wildman–Crippen LogP) is 2.61. The van der Waals surface area contributed by atoms with Gasteiger partial charge in [0.25, 0.3) is 5.91 Å². The molecule has 1 aliphatic rings. The van der Waals surface area contributed by atoms with Gasteiger partial charge >= 0.3 is 0 Å². The third kappa shape index (κ3) is 2.50. The van der Waals surface area contributed by atoms with Crippen LogP contribution in [0.5, 0.6) is 0 Å². The number of benzene rings is 1. The molecule has 1 aliphatic heterocycles. The number of amides is 1. The van der Waals surface area contributed by atoms with Crippen molar-refractivity contribution in [2.24, 2.45) is 0 Å². The number of aryl methyl sites for hydroxylation is 1. The van der Waals surface area contributed by atoms with Crippen molar-refractivity contribution in [1.82, 2.24) is 25.1 Å². The summed E-state index contributed by atoms with van der Waals surface area (Å²) in [4.78, 5) is 22.6. The number of H-pyrrole nitrogens is 2. The number of hydrogen-bond acceptors (Lipinski definition) is 3. The molecular weight excluding hydrogens is 290 g/mol. The monoisotopic (exact) mass is 309 g/mol. The van der Waals surface area contributed by atoms with E-state index in [1.54, 1.807) is 6.20 Å². The van der Waals surface area contributed by atoms with Crippen LogP contribution in [-0.2, 0) is 0 Å². The van der Waals surface area contributed by atoms with Gasteiger partial charge in [0.1, 0.15) is 11.3 Å². The number of fused-ring (bicyclic) bond motifs is 1. The Labute approximate surface area is 133 Å². The van der Waals surface area contributed by atoms with Gasteiger partial charge in [0.05, 0.1) is 11.1 Å². The van der Waals surface area contributed by atoms with E-state index in [2.05, 4.69) is 20.2 Å². The molecule has 0 aliphatic carbocycles. The van der Waals surface area contributed by atoms with E-state index in [9.17, 15) is 4.79 Å². The maximum atomic E-state index is 13.0. The van der Waals surface area contributed by atoms with Crippen LogP contribution in [0.15, 0.2) is 30.5 Å². The van der Waals surface area contributed by atoms with Gasteiger partial charge in [-0.1, -0.05) is 6.07 Å². The largest absolute Gasteiger partial charge is 0.342 e. The van der Waals surface area contributed by atoms with Gasteiger partial charge < -0.3 is 9.88 Å². The van der Waals surface area contributed by atoms with Crippen LogP contribution < -0.4 is 0 Å². The van der Waals surface area contributed by atoms with Crippen molar-refractivity contribution < 1.29 is 4.79 Å². The molecular formula is C17H19N5O. The van der Waals surface area contributed by atoms with E-state index in [1.165, 1.54) is 0 Å². The Kier molecular flexibility index (Phi) is 3.37. The van der Waals surface area contributed by atoms with E-state index in [0.29, 0.717) is 11.5 Å². The van der Waals surface area contributed by atoms with Crippen LogP contribution in [0.1, 0.15) is 40.6 Å². The second kappa shape index (κ2) is 5.53. The number of carbonyl (C=O) groups is 1. The average Bonchev–Trinajstić information content (AvgIpc) is 3.22. The number of hydrogen-bond donors (Lipinski definition) is 2. The molecule has 3 heterocycles. The van der Waals surface area contributed by atoms with Crippen molar-refractivity contribution in [1.29, 1.82) is 0 Å². The lowest BCUT2D eigenvalue weighted by atomic mass is 9.94. The normalized spacial score (nSPS) is 18.5. The lowest BCUT2D eigenvalue weighted by Gasteiger charge is -2.32. The summed E-state index contributed by atoms with van der Waals surface area (Å²) >= 11 is 0. The molecule has 1 fully saturated rings. The Balaban J connectivity index is 1.62. The molecule has 0 spiro atoms. The number of nitrogens with zero attached hydrogens (tertiary/aromatic N) is 3. The molecule has 1 amide bonds. The molecule has 1 saturated heterocycles. The molecule has 4 rings (SSSR count). The summed E-state index contributed by atoms with van der Waals surface area (Å²) < 4.78 is 0. The first-order valence-electron chi connectivity index (χ1n) is 7.96. The van der Waals surface area contributed by atoms with Crippen LogP contribution in [0.2, 0.25) is 0 Å². The fraction of sp³-hybridized carbons (Fsp3) is 0.353. The number of imidazole rings is 1. The quantitative estimate of drug-likeness (QED) is 0.764.